The molecule has 0 spiro atoms. The second kappa shape index (κ2) is 6.84. The predicted octanol–water partition coefficient (Wildman–Crippen LogP) is -1.78. The first-order valence-electron chi connectivity index (χ1n) is 2.70. The smallest absolute Gasteiger partial charge is 0.0587 e. The monoisotopic (exact) mass is 118 g/mol. The van der Waals surface area contributed by atoms with Crippen LogP contribution in [0.2, 0.25) is 0 Å². The van der Waals surface area contributed by atoms with Crippen LogP contribution >= 0.6 is 0 Å². The zero-order valence-electron chi connectivity index (χ0n) is 5.20. The summed E-state index contributed by atoms with van der Waals surface area (Å²) in [5.74, 6) is 4.98. The van der Waals surface area contributed by atoms with Gasteiger partial charge in [0.15, 0.2) is 0 Å². The molecular weight excluding hydrogens is 104 g/mol. The first kappa shape index (κ1) is 7.84. The van der Waals surface area contributed by atoms with E-state index in [-0.39, 0.29) is 0 Å². The van der Waals surface area contributed by atoms with Crippen LogP contribution in [0.15, 0.2) is 0 Å². The highest BCUT2D eigenvalue weighted by Crippen LogP contribution is 1.49. The zero-order chi connectivity index (χ0) is 6.24. The highest BCUT2D eigenvalue weighted by Gasteiger charge is 1.78. The van der Waals surface area contributed by atoms with E-state index in [1.54, 1.807) is 0 Å². The van der Waals surface area contributed by atoms with E-state index < -0.39 is 0 Å². The first-order chi connectivity index (χ1) is 3.91. The fourth-order valence-corrected chi connectivity index (χ4v) is 0.374. The molecule has 0 unspecified atom stereocenters. The lowest BCUT2D eigenvalue weighted by molar-refractivity contribution is 0.587. The zero-order valence-corrected chi connectivity index (χ0v) is 5.20. The van der Waals surface area contributed by atoms with Crippen LogP contribution in [0, 0.1) is 0 Å². The normalized spacial score (nSPS) is 9.75. The molecule has 50 valence electrons. The minimum absolute atomic E-state index is 0.668. The Kier molecular flexibility index (Phi) is 6.70. The van der Waals surface area contributed by atoms with Gasteiger partial charge in [-0.05, 0) is 7.05 Å². The van der Waals surface area contributed by atoms with Gasteiger partial charge in [0.2, 0.25) is 0 Å². The molecule has 0 atom stereocenters. The van der Waals surface area contributed by atoms with Gasteiger partial charge >= 0.3 is 0 Å². The Labute approximate surface area is 49.8 Å². The van der Waals surface area contributed by atoms with Crippen LogP contribution in [0.25, 0.3) is 0 Å². The molecular formula is C4H14N4. The van der Waals surface area contributed by atoms with Gasteiger partial charge in [-0.1, -0.05) is 0 Å². The van der Waals surface area contributed by atoms with Gasteiger partial charge in [0.05, 0.1) is 6.67 Å². The number of rotatable bonds is 5. The second-order valence-corrected chi connectivity index (χ2v) is 1.48. The molecule has 0 saturated carbocycles. The largest absolute Gasteiger partial charge is 0.318 e. The fourth-order valence-electron chi connectivity index (χ4n) is 0.374. The lowest BCUT2D eigenvalue weighted by atomic mass is 10.6. The standard InChI is InChI=1S/C4H14N4/c1-6-2-3-7-4-8-5/h6-8H,2-5H2,1H3. The summed E-state index contributed by atoms with van der Waals surface area (Å²) in [5, 5.41) is 6.03. The van der Waals surface area contributed by atoms with E-state index in [0.29, 0.717) is 6.67 Å². The molecule has 5 N–H and O–H groups in total. The van der Waals surface area contributed by atoms with Crippen molar-refractivity contribution in [1.82, 2.24) is 16.1 Å². The maximum Gasteiger partial charge on any atom is 0.0587 e. The van der Waals surface area contributed by atoms with Gasteiger partial charge in [0.25, 0.3) is 0 Å². The van der Waals surface area contributed by atoms with E-state index in [9.17, 15) is 0 Å². The average molecular weight is 118 g/mol. The van der Waals surface area contributed by atoms with E-state index in [1.807, 2.05) is 7.05 Å². The summed E-state index contributed by atoms with van der Waals surface area (Å²) in [4.78, 5) is 0. The van der Waals surface area contributed by atoms with Crippen LogP contribution in [0.5, 0.6) is 0 Å². The van der Waals surface area contributed by atoms with Crippen LogP contribution in [0.3, 0.4) is 0 Å². The average Bonchev–Trinajstić information content (AvgIpc) is 1.81. The van der Waals surface area contributed by atoms with Crippen molar-refractivity contribution in [2.45, 2.75) is 0 Å². The number of nitrogens with two attached hydrogens (primary N) is 1. The SMILES string of the molecule is CNCCNCNN. The summed E-state index contributed by atoms with van der Waals surface area (Å²) in [6, 6.07) is 0. The Bertz CT molecular complexity index is 33.0. The second-order valence-electron chi connectivity index (χ2n) is 1.48. The van der Waals surface area contributed by atoms with E-state index in [4.69, 9.17) is 5.84 Å². The highest BCUT2D eigenvalue weighted by atomic mass is 15.3. The fraction of sp³-hybridized carbons (Fsp3) is 1.00. The van der Waals surface area contributed by atoms with Crippen LogP contribution in [-0.4, -0.2) is 26.8 Å². The number of nitrogens with one attached hydrogen (secondary N) is 3. The van der Waals surface area contributed by atoms with Crippen molar-refractivity contribution < 1.29 is 0 Å². The van der Waals surface area contributed by atoms with E-state index >= 15 is 0 Å². The van der Waals surface area contributed by atoms with Crippen LogP contribution in [0.4, 0.5) is 0 Å². The molecule has 0 bridgehead atoms. The van der Waals surface area contributed by atoms with E-state index in [2.05, 4.69) is 16.1 Å². The summed E-state index contributed by atoms with van der Waals surface area (Å²) >= 11 is 0. The molecule has 0 aliphatic rings. The van der Waals surface area contributed by atoms with Crippen LogP contribution < -0.4 is 21.9 Å². The Hall–Kier alpha value is -0.160. The van der Waals surface area contributed by atoms with Gasteiger partial charge in [-0.15, -0.1) is 0 Å². The molecule has 0 aliphatic carbocycles. The molecule has 4 nitrogen and oxygen atoms in total. The lowest BCUT2D eigenvalue weighted by Gasteiger charge is -2.00. The van der Waals surface area contributed by atoms with Gasteiger partial charge in [-0.3, -0.25) is 5.84 Å². The first-order valence-corrected chi connectivity index (χ1v) is 2.70. The third kappa shape index (κ3) is 5.84. The Morgan fingerprint density at radius 2 is 2.12 bits per heavy atom. The Morgan fingerprint density at radius 3 is 2.62 bits per heavy atom. The molecule has 0 aromatic carbocycles. The Balaban J connectivity index is 2.53. The molecule has 8 heavy (non-hydrogen) atoms. The maximum atomic E-state index is 4.98. The maximum absolute atomic E-state index is 4.98. The van der Waals surface area contributed by atoms with Crippen molar-refractivity contribution in [1.29, 1.82) is 0 Å². The minimum Gasteiger partial charge on any atom is -0.318 e. The summed E-state index contributed by atoms with van der Waals surface area (Å²) in [6.07, 6.45) is 0. The Morgan fingerprint density at radius 1 is 1.38 bits per heavy atom. The molecule has 0 saturated heterocycles. The van der Waals surface area contributed by atoms with E-state index in [1.165, 1.54) is 0 Å². The molecule has 0 rings (SSSR count). The summed E-state index contributed by atoms with van der Waals surface area (Å²) < 4.78 is 0. The highest BCUT2D eigenvalue weighted by molar-refractivity contribution is 4.43. The number of likely N-dealkylation sites (N-methyl/N-ethyl adjacent to an activating group) is 1. The van der Waals surface area contributed by atoms with Crippen molar-refractivity contribution >= 4 is 0 Å². The van der Waals surface area contributed by atoms with Gasteiger partial charge in [-0.2, -0.15) is 0 Å². The molecule has 0 aromatic rings. The van der Waals surface area contributed by atoms with Crippen molar-refractivity contribution in [2.75, 3.05) is 26.8 Å². The van der Waals surface area contributed by atoms with Gasteiger partial charge in [-0.25, -0.2) is 5.43 Å². The van der Waals surface area contributed by atoms with Crippen molar-refractivity contribution in [3.63, 3.8) is 0 Å². The minimum atomic E-state index is 0.668. The molecule has 0 amide bonds. The van der Waals surface area contributed by atoms with E-state index in [0.717, 1.165) is 13.1 Å². The topological polar surface area (TPSA) is 62.1 Å². The number of hydrazine groups is 1. The predicted molar refractivity (Wildman–Crippen MR) is 34.1 cm³/mol. The quantitative estimate of drug-likeness (QED) is 0.149. The number of hydrogen-bond donors (Lipinski definition) is 4. The molecule has 0 aromatic heterocycles. The van der Waals surface area contributed by atoms with Gasteiger partial charge in [0.1, 0.15) is 0 Å². The summed E-state index contributed by atoms with van der Waals surface area (Å²) in [6.45, 7) is 2.59. The molecule has 0 aliphatic heterocycles. The third-order valence-corrected chi connectivity index (χ3v) is 0.779. The van der Waals surface area contributed by atoms with Crippen LogP contribution in [-0.2, 0) is 0 Å². The van der Waals surface area contributed by atoms with Crippen molar-refractivity contribution in [3.8, 4) is 0 Å². The molecule has 0 radical (unpaired) electrons. The van der Waals surface area contributed by atoms with Crippen molar-refractivity contribution in [3.05, 3.63) is 0 Å². The molecule has 0 fully saturated rings. The summed E-state index contributed by atoms with van der Waals surface area (Å²) in [5.41, 5.74) is 2.49. The third-order valence-electron chi connectivity index (χ3n) is 0.779. The van der Waals surface area contributed by atoms with Gasteiger partial charge < -0.3 is 10.6 Å². The molecule has 0 heterocycles. The van der Waals surface area contributed by atoms with Crippen molar-refractivity contribution in [2.24, 2.45) is 5.84 Å². The van der Waals surface area contributed by atoms with Gasteiger partial charge in [0, 0.05) is 13.1 Å². The summed E-state index contributed by atoms with van der Waals surface area (Å²) in [7, 11) is 1.91. The van der Waals surface area contributed by atoms with Crippen LogP contribution in [0.1, 0.15) is 0 Å². The lowest BCUT2D eigenvalue weighted by Crippen LogP contribution is -2.36. The molecule has 4 heteroatoms. The number of hydrogen-bond acceptors (Lipinski definition) is 4.